The van der Waals surface area contributed by atoms with E-state index in [1.165, 1.54) is 18.2 Å². The van der Waals surface area contributed by atoms with Crippen LogP contribution in [0.25, 0.3) is 0 Å². The van der Waals surface area contributed by atoms with Gasteiger partial charge < -0.3 is 10.1 Å². The minimum atomic E-state index is -0.658. The molecule has 0 spiro atoms. The molecule has 1 atom stereocenters. The molecule has 0 amide bonds. The number of aryl methyl sites for hydroxylation is 1. The minimum absolute atomic E-state index is 0.0242. The van der Waals surface area contributed by atoms with Gasteiger partial charge in [0.2, 0.25) is 0 Å². The number of hydrogen-bond donors (Lipinski definition) is 1. The summed E-state index contributed by atoms with van der Waals surface area (Å²) in [6.45, 7) is 2.24. The van der Waals surface area contributed by atoms with E-state index in [2.05, 4.69) is 5.32 Å². The summed E-state index contributed by atoms with van der Waals surface area (Å²) in [4.78, 5) is 0. The van der Waals surface area contributed by atoms with Crippen molar-refractivity contribution in [3.05, 3.63) is 59.2 Å². The van der Waals surface area contributed by atoms with Crippen molar-refractivity contribution < 1.29 is 13.5 Å². The highest BCUT2D eigenvalue weighted by Crippen LogP contribution is 2.37. The van der Waals surface area contributed by atoms with Crippen LogP contribution in [0, 0.1) is 18.6 Å². The van der Waals surface area contributed by atoms with Gasteiger partial charge in [0.05, 0.1) is 17.8 Å². The smallest absolute Gasteiger partial charge is 0.147 e. The second-order valence-corrected chi connectivity index (χ2v) is 4.57. The first kappa shape index (κ1) is 12.0. The molecule has 1 aliphatic heterocycles. The fourth-order valence-corrected chi connectivity index (χ4v) is 2.31. The van der Waals surface area contributed by atoms with Gasteiger partial charge in [-0.05, 0) is 30.7 Å². The van der Waals surface area contributed by atoms with E-state index < -0.39 is 17.7 Å². The van der Waals surface area contributed by atoms with Crippen molar-refractivity contribution in [1.29, 1.82) is 0 Å². The van der Waals surface area contributed by atoms with Crippen molar-refractivity contribution in [2.75, 3.05) is 11.9 Å². The van der Waals surface area contributed by atoms with Gasteiger partial charge in [0, 0.05) is 0 Å². The highest BCUT2D eigenvalue weighted by molar-refractivity contribution is 5.61. The Balaban J connectivity index is 2.00. The fraction of sp³-hybridized carbons (Fsp3) is 0.200. The predicted octanol–water partition coefficient (Wildman–Crippen LogP) is 3.82. The van der Waals surface area contributed by atoms with Gasteiger partial charge in [0.15, 0.2) is 0 Å². The molecule has 0 fully saturated rings. The Bertz CT molecular complexity index is 607. The molecule has 1 aliphatic rings. The van der Waals surface area contributed by atoms with Gasteiger partial charge in [-0.1, -0.05) is 18.2 Å². The summed E-state index contributed by atoms with van der Waals surface area (Å²) in [7, 11) is 0. The summed E-state index contributed by atoms with van der Waals surface area (Å²) >= 11 is 0. The zero-order chi connectivity index (χ0) is 13.4. The van der Waals surface area contributed by atoms with E-state index in [4.69, 9.17) is 4.74 Å². The predicted molar refractivity (Wildman–Crippen MR) is 69.4 cm³/mol. The maximum Gasteiger partial charge on any atom is 0.147 e. The van der Waals surface area contributed by atoms with Crippen molar-refractivity contribution >= 4 is 5.69 Å². The van der Waals surface area contributed by atoms with E-state index in [1.807, 2.05) is 25.1 Å². The number of fused-ring (bicyclic) bond motifs is 1. The molecule has 1 unspecified atom stereocenters. The molecular formula is C15H13F2NO. The molecule has 0 radical (unpaired) electrons. The lowest BCUT2D eigenvalue weighted by Crippen LogP contribution is -2.25. The molecule has 0 aliphatic carbocycles. The molecule has 19 heavy (non-hydrogen) atoms. The molecule has 0 saturated carbocycles. The number of ether oxygens (including phenoxy) is 1. The van der Waals surface area contributed by atoms with E-state index in [0.29, 0.717) is 12.3 Å². The van der Waals surface area contributed by atoms with Crippen LogP contribution in [-0.4, -0.2) is 6.54 Å². The molecule has 1 N–H and O–H groups in total. The maximum atomic E-state index is 13.8. The summed E-state index contributed by atoms with van der Waals surface area (Å²) in [5.41, 5.74) is 1.77. The Labute approximate surface area is 110 Å². The Morgan fingerprint density at radius 3 is 2.53 bits per heavy atom. The molecule has 98 valence electrons. The second-order valence-electron chi connectivity index (χ2n) is 4.57. The molecule has 0 bridgehead atoms. The van der Waals surface area contributed by atoms with Crippen molar-refractivity contribution in [2.24, 2.45) is 0 Å². The first-order chi connectivity index (χ1) is 9.16. The Hall–Kier alpha value is -2.10. The number of nitrogens with one attached hydrogen (secondary N) is 1. The summed E-state index contributed by atoms with van der Waals surface area (Å²) in [5.74, 6) is -0.505. The highest BCUT2D eigenvalue weighted by atomic mass is 19.1. The third kappa shape index (κ3) is 2.03. The SMILES string of the molecule is Cc1cccc2c1OC(c1c(F)cccc1F)CN2. The molecule has 3 rings (SSSR count). The molecular weight excluding hydrogens is 248 g/mol. The summed E-state index contributed by atoms with van der Waals surface area (Å²) < 4.78 is 33.3. The van der Waals surface area contributed by atoms with E-state index in [0.717, 1.165) is 11.3 Å². The van der Waals surface area contributed by atoms with Crippen LogP contribution >= 0.6 is 0 Å². The minimum Gasteiger partial charge on any atom is -0.481 e. The molecule has 0 aromatic heterocycles. The van der Waals surface area contributed by atoms with Gasteiger partial charge in [0.25, 0.3) is 0 Å². The normalized spacial score (nSPS) is 17.3. The molecule has 2 aromatic rings. The van der Waals surface area contributed by atoms with E-state index in [-0.39, 0.29) is 5.56 Å². The highest BCUT2D eigenvalue weighted by Gasteiger charge is 2.27. The standard InChI is InChI=1S/C15H13F2NO/c1-9-4-2-7-12-15(9)19-13(8-18-12)14-10(16)5-3-6-11(14)17/h2-7,13,18H,8H2,1H3. The molecule has 2 aromatic carbocycles. The second kappa shape index (κ2) is 4.53. The molecule has 1 heterocycles. The van der Waals surface area contributed by atoms with Crippen molar-refractivity contribution in [3.63, 3.8) is 0 Å². The zero-order valence-electron chi connectivity index (χ0n) is 10.4. The van der Waals surface area contributed by atoms with Crippen molar-refractivity contribution in [1.82, 2.24) is 0 Å². The van der Waals surface area contributed by atoms with Gasteiger partial charge in [0.1, 0.15) is 23.5 Å². The number of benzene rings is 2. The third-order valence-electron chi connectivity index (χ3n) is 3.27. The molecule has 4 heteroatoms. The Morgan fingerprint density at radius 2 is 1.79 bits per heavy atom. The average Bonchev–Trinajstić information content (AvgIpc) is 2.39. The van der Waals surface area contributed by atoms with E-state index >= 15 is 0 Å². The summed E-state index contributed by atoms with van der Waals surface area (Å²) in [5, 5.41) is 3.15. The van der Waals surface area contributed by atoms with Gasteiger partial charge in [-0.15, -0.1) is 0 Å². The number of rotatable bonds is 1. The number of para-hydroxylation sites is 1. The quantitative estimate of drug-likeness (QED) is 0.842. The third-order valence-corrected chi connectivity index (χ3v) is 3.27. The lowest BCUT2D eigenvalue weighted by molar-refractivity contribution is 0.198. The molecule has 0 saturated heterocycles. The van der Waals surface area contributed by atoms with Crippen LogP contribution in [0.5, 0.6) is 5.75 Å². The van der Waals surface area contributed by atoms with Gasteiger partial charge in [-0.3, -0.25) is 0 Å². The van der Waals surface area contributed by atoms with Crippen LogP contribution in [0.4, 0.5) is 14.5 Å². The van der Waals surface area contributed by atoms with Crippen LogP contribution in [-0.2, 0) is 0 Å². The monoisotopic (exact) mass is 261 g/mol. The Morgan fingerprint density at radius 1 is 1.11 bits per heavy atom. The largest absolute Gasteiger partial charge is 0.481 e. The maximum absolute atomic E-state index is 13.8. The first-order valence-corrected chi connectivity index (χ1v) is 6.11. The fourth-order valence-electron chi connectivity index (χ4n) is 2.31. The van der Waals surface area contributed by atoms with E-state index in [1.54, 1.807) is 0 Å². The van der Waals surface area contributed by atoms with Gasteiger partial charge in [-0.2, -0.15) is 0 Å². The number of hydrogen-bond acceptors (Lipinski definition) is 2. The van der Waals surface area contributed by atoms with Crippen molar-refractivity contribution in [2.45, 2.75) is 13.0 Å². The van der Waals surface area contributed by atoms with Crippen LogP contribution in [0.3, 0.4) is 0 Å². The van der Waals surface area contributed by atoms with Crippen LogP contribution in [0.1, 0.15) is 17.2 Å². The topological polar surface area (TPSA) is 21.3 Å². The van der Waals surface area contributed by atoms with E-state index in [9.17, 15) is 8.78 Å². The number of anilines is 1. The van der Waals surface area contributed by atoms with Crippen LogP contribution in [0.2, 0.25) is 0 Å². The average molecular weight is 261 g/mol. The van der Waals surface area contributed by atoms with Gasteiger partial charge in [-0.25, -0.2) is 8.78 Å². The van der Waals surface area contributed by atoms with Crippen LogP contribution < -0.4 is 10.1 Å². The first-order valence-electron chi connectivity index (χ1n) is 6.11. The zero-order valence-corrected chi connectivity index (χ0v) is 10.4. The summed E-state index contributed by atoms with van der Waals surface area (Å²) in [6, 6.07) is 9.54. The molecule has 2 nitrogen and oxygen atoms in total. The van der Waals surface area contributed by atoms with Crippen LogP contribution in [0.15, 0.2) is 36.4 Å². The van der Waals surface area contributed by atoms with Crippen molar-refractivity contribution in [3.8, 4) is 5.75 Å². The lowest BCUT2D eigenvalue weighted by Gasteiger charge is -2.29. The summed E-state index contributed by atoms with van der Waals surface area (Å²) in [6.07, 6.45) is -0.658. The Kier molecular flexibility index (Phi) is 2.85. The van der Waals surface area contributed by atoms with Gasteiger partial charge >= 0.3 is 0 Å². The number of halogens is 2. The lowest BCUT2D eigenvalue weighted by atomic mass is 10.1.